The van der Waals surface area contributed by atoms with Gasteiger partial charge in [-0.2, -0.15) is 11.8 Å². The summed E-state index contributed by atoms with van der Waals surface area (Å²) in [5.41, 5.74) is 1.11. The van der Waals surface area contributed by atoms with E-state index in [1.165, 1.54) is 0 Å². The highest BCUT2D eigenvalue weighted by atomic mass is 32.2. The van der Waals surface area contributed by atoms with E-state index in [0.717, 1.165) is 36.0 Å². The zero-order valence-corrected chi connectivity index (χ0v) is 16.5. The van der Waals surface area contributed by atoms with Crippen molar-refractivity contribution in [3.63, 3.8) is 0 Å². The zero-order valence-electron chi connectivity index (χ0n) is 15.7. The van der Waals surface area contributed by atoms with E-state index >= 15 is 0 Å². The van der Waals surface area contributed by atoms with E-state index in [1.807, 2.05) is 30.0 Å². The van der Waals surface area contributed by atoms with Crippen LogP contribution in [-0.2, 0) is 6.54 Å². The smallest absolute Gasteiger partial charge is 0.191 e. The van der Waals surface area contributed by atoms with E-state index in [9.17, 15) is 0 Å². The Morgan fingerprint density at radius 2 is 2.00 bits per heavy atom. The molecule has 0 saturated heterocycles. The van der Waals surface area contributed by atoms with Crippen LogP contribution in [0.5, 0.6) is 11.5 Å². The van der Waals surface area contributed by atoms with Gasteiger partial charge in [-0.3, -0.25) is 4.99 Å². The lowest BCUT2D eigenvalue weighted by atomic mass is 10.2. The van der Waals surface area contributed by atoms with Crippen molar-refractivity contribution in [3.8, 4) is 11.5 Å². The van der Waals surface area contributed by atoms with Crippen molar-refractivity contribution in [1.29, 1.82) is 0 Å². The molecule has 0 aliphatic carbocycles. The molecule has 0 aromatic heterocycles. The minimum Gasteiger partial charge on any atom is -0.493 e. The van der Waals surface area contributed by atoms with Crippen LogP contribution >= 0.6 is 11.8 Å². The maximum Gasteiger partial charge on any atom is 0.191 e. The molecular formula is C18H31N3O2S. The first-order valence-electron chi connectivity index (χ1n) is 8.25. The number of aliphatic imine (C=N–C) groups is 1. The van der Waals surface area contributed by atoms with Crippen LogP contribution in [0.15, 0.2) is 23.2 Å². The number of hydrogen-bond acceptors (Lipinski definition) is 4. The molecule has 6 heteroatoms. The summed E-state index contributed by atoms with van der Waals surface area (Å²) in [5.74, 6) is 2.34. The number of ether oxygens (including phenoxy) is 2. The third kappa shape index (κ3) is 6.91. The molecule has 136 valence electrons. The van der Waals surface area contributed by atoms with Crippen molar-refractivity contribution in [2.75, 3.05) is 33.6 Å². The van der Waals surface area contributed by atoms with Crippen molar-refractivity contribution >= 4 is 17.7 Å². The standard InChI is InChI=1S/C18H31N3O2S/c1-7-10-23-15-9-8-14(11-16(15)22-5)12-20-17(19-4)21-13-18(2,3)24-6/h8-9,11H,7,10,12-13H2,1-6H3,(H2,19,20,21). The molecule has 0 aliphatic heterocycles. The number of nitrogens with zero attached hydrogens (tertiary/aromatic N) is 1. The van der Waals surface area contributed by atoms with Gasteiger partial charge in [-0.25, -0.2) is 0 Å². The molecule has 0 heterocycles. The first-order valence-corrected chi connectivity index (χ1v) is 9.47. The van der Waals surface area contributed by atoms with Gasteiger partial charge in [0.2, 0.25) is 0 Å². The molecule has 0 radical (unpaired) electrons. The number of guanidine groups is 1. The van der Waals surface area contributed by atoms with E-state index in [2.05, 4.69) is 42.7 Å². The molecule has 1 aromatic carbocycles. The van der Waals surface area contributed by atoms with E-state index in [4.69, 9.17) is 9.47 Å². The monoisotopic (exact) mass is 353 g/mol. The summed E-state index contributed by atoms with van der Waals surface area (Å²) < 4.78 is 11.3. The van der Waals surface area contributed by atoms with Crippen molar-refractivity contribution < 1.29 is 9.47 Å². The predicted molar refractivity (Wildman–Crippen MR) is 105 cm³/mol. The Labute approximate surface area is 150 Å². The minimum absolute atomic E-state index is 0.166. The fourth-order valence-electron chi connectivity index (χ4n) is 1.93. The lowest BCUT2D eigenvalue weighted by molar-refractivity contribution is 0.294. The number of hydrogen-bond donors (Lipinski definition) is 2. The van der Waals surface area contributed by atoms with Gasteiger partial charge in [0, 0.05) is 24.9 Å². The van der Waals surface area contributed by atoms with Crippen molar-refractivity contribution in [1.82, 2.24) is 10.6 Å². The average Bonchev–Trinajstić information content (AvgIpc) is 2.60. The molecule has 0 aliphatic rings. The van der Waals surface area contributed by atoms with Crippen LogP contribution in [0.25, 0.3) is 0 Å². The van der Waals surface area contributed by atoms with Crippen LogP contribution in [-0.4, -0.2) is 44.3 Å². The molecule has 0 amide bonds. The second-order valence-electron chi connectivity index (χ2n) is 6.08. The Balaban J connectivity index is 2.62. The summed E-state index contributed by atoms with van der Waals surface area (Å²) in [5, 5.41) is 6.69. The Kier molecular flexibility index (Phi) is 8.82. The van der Waals surface area contributed by atoms with Gasteiger partial charge in [0.1, 0.15) is 0 Å². The minimum atomic E-state index is 0.166. The van der Waals surface area contributed by atoms with Crippen LogP contribution in [0.3, 0.4) is 0 Å². The van der Waals surface area contributed by atoms with Gasteiger partial charge in [0.05, 0.1) is 13.7 Å². The van der Waals surface area contributed by atoms with Crippen molar-refractivity contribution in [2.24, 2.45) is 4.99 Å². The highest BCUT2D eigenvalue weighted by Crippen LogP contribution is 2.28. The van der Waals surface area contributed by atoms with E-state index in [1.54, 1.807) is 14.2 Å². The zero-order chi connectivity index (χ0) is 18.0. The second-order valence-corrected chi connectivity index (χ2v) is 7.59. The number of benzene rings is 1. The predicted octanol–water partition coefficient (Wildman–Crippen LogP) is 3.29. The van der Waals surface area contributed by atoms with E-state index in [0.29, 0.717) is 13.2 Å². The van der Waals surface area contributed by atoms with Gasteiger partial charge in [-0.05, 0) is 44.2 Å². The lowest BCUT2D eigenvalue weighted by Crippen LogP contribution is -2.42. The Hall–Kier alpha value is -1.56. The fraction of sp³-hybridized carbons (Fsp3) is 0.611. The molecule has 0 atom stereocenters. The summed E-state index contributed by atoms with van der Waals surface area (Å²) >= 11 is 1.83. The topological polar surface area (TPSA) is 54.9 Å². The maximum absolute atomic E-state index is 5.68. The summed E-state index contributed by atoms with van der Waals surface area (Å²) in [6, 6.07) is 6.00. The highest BCUT2D eigenvalue weighted by molar-refractivity contribution is 7.99. The number of thioether (sulfide) groups is 1. The number of rotatable bonds is 9. The molecule has 5 nitrogen and oxygen atoms in total. The molecule has 0 saturated carbocycles. The number of nitrogens with one attached hydrogen (secondary N) is 2. The molecule has 0 spiro atoms. The van der Waals surface area contributed by atoms with Gasteiger partial charge in [0.15, 0.2) is 17.5 Å². The molecule has 1 rings (SSSR count). The van der Waals surface area contributed by atoms with Crippen molar-refractivity contribution in [2.45, 2.75) is 38.5 Å². The van der Waals surface area contributed by atoms with Crippen LogP contribution in [0.2, 0.25) is 0 Å². The van der Waals surface area contributed by atoms with Gasteiger partial charge in [0.25, 0.3) is 0 Å². The van der Waals surface area contributed by atoms with E-state index in [-0.39, 0.29) is 4.75 Å². The quantitative estimate of drug-likeness (QED) is 0.527. The van der Waals surface area contributed by atoms with Crippen LogP contribution in [0, 0.1) is 0 Å². The molecule has 0 bridgehead atoms. The summed E-state index contributed by atoms with van der Waals surface area (Å²) in [6.45, 7) is 8.71. The SMILES string of the molecule is CCCOc1ccc(CNC(=NC)NCC(C)(C)SC)cc1OC. The van der Waals surface area contributed by atoms with Gasteiger partial charge in [-0.15, -0.1) is 0 Å². The van der Waals surface area contributed by atoms with Gasteiger partial charge >= 0.3 is 0 Å². The third-order valence-corrected chi connectivity index (χ3v) is 4.86. The van der Waals surface area contributed by atoms with Crippen LogP contribution < -0.4 is 20.1 Å². The van der Waals surface area contributed by atoms with Gasteiger partial charge in [-0.1, -0.05) is 13.0 Å². The molecule has 24 heavy (non-hydrogen) atoms. The molecule has 2 N–H and O–H groups in total. The molecular weight excluding hydrogens is 322 g/mol. The number of methoxy groups -OCH3 is 1. The van der Waals surface area contributed by atoms with E-state index < -0.39 is 0 Å². The summed E-state index contributed by atoms with van der Waals surface area (Å²) in [7, 11) is 3.44. The molecule has 1 aromatic rings. The average molecular weight is 354 g/mol. The fourth-order valence-corrected chi connectivity index (χ4v) is 2.14. The molecule has 0 fully saturated rings. The molecule has 0 unspecified atom stereocenters. The Bertz CT molecular complexity index is 533. The summed E-state index contributed by atoms with van der Waals surface area (Å²) in [4.78, 5) is 4.27. The first-order chi connectivity index (χ1) is 11.5. The maximum atomic E-state index is 5.68. The highest BCUT2D eigenvalue weighted by Gasteiger charge is 2.16. The van der Waals surface area contributed by atoms with Gasteiger partial charge < -0.3 is 20.1 Å². The lowest BCUT2D eigenvalue weighted by Gasteiger charge is -2.23. The summed E-state index contributed by atoms with van der Waals surface area (Å²) in [6.07, 6.45) is 3.09. The third-order valence-electron chi connectivity index (χ3n) is 3.61. The Morgan fingerprint density at radius 1 is 1.25 bits per heavy atom. The van der Waals surface area contributed by atoms with Crippen LogP contribution in [0.4, 0.5) is 0 Å². The second kappa shape index (κ2) is 10.3. The van der Waals surface area contributed by atoms with Crippen molar-refractivity contribution in [3.05, 3.63) is 23.8 Å². The largest absolute Gasteiger partial charge is 0.493 e. The normalized spacial score (nSPS) is 12.0. The first kappa shape index (κ1) is 20.5. The Morgan fingerprint density at radius 3 is 2.58 bits per heavy atom. The van der Waals surface area contributed by atoms with Crippen LogP contribution in [0.1, 0.15) is 32.8 Å².